The number of aryl methyl sites for hydroxylation is 1. The zero-order valence-corrected chi connectivity index (χ0v) is 16.9. The summed E-state index contributed by atoms with van der Waals surface area (Å²) in [5.41, 5.74) is 0.0360. The first kappa shape index (κ1) is 20.3. The molecular formula is C16H22F2IN7. The lowest BCUT2D eigenvalue weighted by Crippen LogP contribution is -2.44. The molecule has 1 aliphatic heterocycles. The van der Waals surface area contributed by atoms with Gasteiger partial charge in [0.15, 0.2) is 11.8 Å². The lowest BCUT2D eigenvalue weighted by Gasteiger charge is -2.21. The second kappa shape index (κ2) is 9.10. The number of anilines is 1. The van der Waals surface area contributed by atoms with Gasteiger partial charge in [0.2, 0.25) is 0 Å². The minimum Gasteiger partial charge on any atom is -0.365 e. The summed E-state index contributed by atoms with van der Waals surface area (Å²) in [5.74, 6) is 0.323. The molecule has 0 radical (unpaired) electrons. The summed E-state index contributed by atoms with van der Waals surface area (Å²) in [6.07, 6.45) is 2.39. The van der Waals surface area contributed by atoms with Crippen LogP contribution in [0, 0.1) is 11.6 Å². The highest BCUT2D eigenvalue weighted by Gasteiger charge is 2.27. The number of aromatic nitrogens is 3. The maximum absolute atomic E-state index is 13.9. The number of guanidine groups is 1. The predicted octanol–water partition coefficient (Wildman–Crippen LogP) is 1.66. The van der Waals surface area contributed by atoms with Gasteiger partial charge >= 0.3 is 0 Å². The zero-order chi connectivity index (χ0) is 17.8. The standard InChI is InChI=1S/C16H21F2N7.HI/c1-19-16(20-8-14-23-21-10-24(14)2)22-11-6-7-25(9-11)15-12(17)4-3-5-13(15)18;/h3-5,10-11H,6-9H2,1-2H3,(H2,19,20,22);1H. The number of para-hydroxylation sites is 1. The predicted molar refractivity (Wildman–Crippen MR) is 107 cm³/mol. The van der Waals surface area contributed by atoms with E-state index < -0.39 is 11.6 Å². The summed E-state index contributed by atoms with van der Waals surface area (Å²) >= 11 is 0. The molecule has 1 atom stereocenters. The number of nitrogens with zero attached hydrogens (tertiary/aromatic N) is 5. The Hall–Kier alpha value is -1.98. The van der Waals surface area contributed by atoms with Gasteiger partial charge < -0.3 is 20.1 Å². The van der Waals surface area contributed by atoms with Gasteiger partial charge in [-0.1, -0.05) is 6.07 Å². The second-order valence-corrected chi connectivity index (χ2v) is 5.93. The lowest BCUT2D eigenvalue weighted by molar-refractivity contribution is 0.575. The summed E-state index contributed by atoms with van der Waals surface area (Å²) in [7, 11) is 3.54. The third-order valence-corrected chi connectivity index (χ3v) is 4.23. The molecule has 0 amide bonds. The van der Waals surface area contributed by atoms with Crippen LogP contribution < -0.4 is 15.5 Å². The molecule has 0 spiro atoms. The van der Waals surface area contributed by atoms with Crippen LogP contribution in [0.5, 0.6) is 0 Å². The molecule has 0 aliphatic carbocycles. The van der Waals surface area contributed by atoms with Gasteiger partial charge in [0, 0.05) is 33.2 Å². The molecule has 26 heavy (non-hydrogen) atoms. The number of hydrogen-bond donors (Lipinski definition) is 2. The van der Waals surface area contributed by atoms with Gasteiger partial charge in [-0.15, -0.1) is 34.2 Å². The number of hydrogen-bond acceptors (Lipinski definition) is 4. The minimum absolute atomic E-state index is 0. The van der Waals surface area contributed by atoms with Gasteiger partial charge in [-0.3, -0.25) is 4.99 Å². The molecule has 1 saturated heterocycles. The van der Waals surface area contributed by atoms with Gasteiger partial charge in [-0.25, -0.2) is 8.78 Å². The average molecular weight is 477 g/mol. The third-order valence-electron chi connectivity index (χ3n) is 4.23. The summed E-state index contributed by atoms with van der Waals surface area (Å²) in [6.45, 7) is 1.56. The van der Waals surface area contributed by atoms with Crippen molar-refractivity contribution in [3.8, 4) is 0 Å². The van der Waals surface area contributed by atoms with Gasteiger partial charge in [-0.2, -0.15) is 0 Å². The van der Waals surface area contributed by atoms with Crippen LogP contribution in [-0.4, -0.2) is 46.9 Å². The van der Waals surface area contributed by atoms with E-state index in [1.54, 1.807) is 18.3 Å². The molecule has 3 rings (SSSR count). The van der Waals surface area contributed by atoms with Gasteiger partial charge in [-0.05, 0) is 18.6 Å². The molecule has 2 aromatic rings. The van der Waals surface area contributed by atoms with E-state index in [4.69, 9.17) is 0 Å². The van der Waals surface area contributed by atoms with E-state index in [2.05, 4.69) is 25.8 Å². The molecule has 2 N–H and O–H groups in total. The van der Waals surface area contributed by atoms with Crippen molar-refractivity contribution in [2.75, 3.05) is 25.0 Å². The average Bonchev–Trinajstić information content (AvgIpc) is 3.20. The van der Waals surface area contributed by atoms with Gasteiger partial charge in [0.25, 0.3) is 0 Å². The summed E-state index contributed by atoms with van der Waals surface area (Å²) < 4.78 is 29.7. The molecule has 142 valence electrons. The number of aliphatic imine (C=N–C) groups is 1. The molecule has 0 bridgehead atoms. The third kappa shape index (κ3) is 4.59. The fourth-order valence-corrected chi connectivity index (χ4v) is 2.89. The Morgan fingerprint density at radius 3 is 2.69 bits per heavy atom. The van der Waals surface area contributed by atoms with Crippen LogP contribution in [0.3, 0.4) is 0 Å². The number of nitrogens with one attached hydrogen (secondary N) is 2. The Morgan fingerprint density at radius 2 is 2.08 bits per heavy atom. The van der Waals surface area contributed by atoms with Crippen molar-refractivity contribution < 1.29 is 8.78 Å². The summed E-state index contributed by atoms with van der Waals surface area (Å²) in [5, 5.41) is 14.3. The molecule has 1 aliphatic rings. The SMILES string of the molecule is CN=C(NCc1nncn1C)NC1CCN(c2c(F)cccc2F)C1.I. The quantitative estimate of drug-likeness (QED) is 0.399. The normalized spacial score (nSPS) is 17.2. The molecule has 1 aromatic carbocycles. The molecule has 1 unspecified atom stereocenters. The fraction of sp³-hybridized carbons (Fsp3) is 0.438. The zero-order valence-electron chi connectivity index (χ0n) is 14.6. The molecular weight excluding hydrogens is 455 g/mol. The Bertz CT molecular complexity index is 745. The first-order chi connectivity index (χ1) is 12.1. The highest BCUT2D eigenvalue weighted by atomic mass is 127. The largest absolute Gasteiger partial charge is 0.365 e. The first-order valence-electron chi connectivity index (χ1n) is 8.07. The summed E-state index contributed by atoms with van der Waals surface area (Å²) in [4.78, 5) is 5.90. The van der Waals surface area contributed by atoms with Gasteiger partial charge in [0.05, 0.1) is 6.54 Å². The maximum atomic E-state index is 13.9. The van der Waals surface area contributed by atoms with Crippen molar-refractivity contribution in [1.82, 2.24) is 25.4 Å². The van der Waals surface area contributed by atoms with Crippen LogP contribution in [-0.2, 0) is 13.6 Å². The molecule has 2 heterocycles. The van der Waals surface area contributed by atoms with Crippen molar-refractivity contribution in [3.05, 3.63) is 42.0 Å². The molecule has 10 heteroatoms. The monoisotopic (exact) mass is 477 g/mol. The second-order valence-electron chi connectivity index (χ2n) is 5.93. The minimum atomic E-state index is -0.537. The van der Waals surface area contributed by atoms with E-state index >= 15 is 0 Å². The van der Waals surface area contributed by atoms with Crippen molar-refractivity contribution in [2.45, 2.75) is 19.0 Å². The number of rotatable bonds is 4. The van der Waals surface area contributed by atoms with Crippen molar-refractivity contribution in [2.24, 2.45) is 12.0 Å². The first-order valence-corrected chi connectivity index (χ1v) is 8.07. The van der Waals surface area contributed by atoms with Crippen molar-refractivity contribution >= 4 is 35.6 Å². The highest BCUT2D eigenvalue weighted by Crippen LogP contribution is 2.26. The van der Waals surface area contributed by atoms with E-state index in [0.29, 0.717) is 25.6 Å². The fourth-order valence-electron chi connectivity index (χ4n) is 2.89. The van der Waals surface area contributed by atoms with E-state index in [0.717, 1.165) is 12.2 Å². The smallest absolute Gasteiger partial charge is 0.191 e. The van der Waals surface area contributed by atoms with Crippen LogP contribution in [0.1, 0.15) is 12.2 Å². The maximum Gasteiger partial charge on any atom is 0.191 e. The van der Waals surface area contributed by atoms with Crippen LogP contribution in [0.25, 0.3) is 0 Å². The molecule has 1 aromatic heterocycles. The van der Waals surface area contributed by atoms with Crippen LogP contribution in [0.15, 0.2) is 29.5 Å². The topological polar surface area (TPSA) is 70.4 Å². The van der Waals surface area contributed by atoms with Gasteiger partial charge in [0.1, 0.15) is 23.6 Å². The van der Waals surface area contributed by atoms with Crippen molar-refractivity contribution in [3.63, 3.8) is 0 Å². The lowest BCUT2D eigenvalue weighted by atomic mass is 10.2. The van der Waals surface area contributed by atoms with E-state index in [1.165, 1.54) is 18.2 Å². The number of benzene rings is 1. The van der Waals surface area contributed by atoms with Crippen LogP contribution in [0.2, 0.25) is 0 Å². The van der Waals surface area contributed by atoms with E-state index in [9.17, 15) is 8.78 Å². The highest BCUT2D eigenvalue weighted by molar-refractivity contribution is 14.0. The van der Waals surface area contributed by atoms with Crippen LogP contribution in [0.4, 0.5) is 14.5 Å². The van der Waals surface area contributed by atoms with Crippen LogP contribution >= 0.6 is 24.0 Å². The van der Waals surface area contributed by atoms with E-state index in [1.807, 2.05) is 11.6 Å². The van der Waals surface area contributed by atoms with Crippen molar-refractivity contribution in [1.29, 1.82) is 0 Å². The molecule has 0 saturated carbocycles. The Morgan fingerprint density at radius 1 is 1.35 bits per heavy atom. The summed E-state index contributed by atoms with van der Waals surface area (Å²) in [6, 6.07) is 3.98. The number of halogens is 3. The Kier molecular flexibility index (Phi) is 7.12. The Labute approximate surface area is 167 Å². The molecule has 7 nitrogen and oxygen atoms in total. The molecule has 1 fully saturated rings. The van der Waals surface area contributed by atoms with E-state index in [-0.39, 0.29) is 35.7 Å². The Balaban J connectivity index is 0.00000243.